The molecule has 1 atom stereocenters. The number of anilines is 1. The summed E-state index contributed by atoms with van der Waals surface area (Å²) >= 11 is 7.45. The molecule has 1 aliphatic heterocycles. The van der Waals surface area contributed by atoms with Crippen LogP contribution < -0.4 is 5.32 Å². The Bertz CT molecular complexity index is 812. The number of ether oxygens (including phenoxy) is 2. The molecule has 1 aromatic carbocycles. The van der Waals surface area contributed by atoms with Gasteiger partial charge in [-0.3, -0.25) is 4.79 Å². The van der Waals surface area contributed by atoms with Gasteiger partial charge in [-0.05, 0) is 37.1 Å². The van der Waals surface area contributed by atoms with Crippen LogP contribution in [0.2, 0.25) is 5.15 Å². The van der Waals surface area contributed by atoms with Gasteiger partial charge in [-0.1, -0.05) is 23.7 Å². The lowest BCUT2D eigenvalue weighted by Crippen LogP contribution is -2.21. The van der Waals surface area contributed by atoms with Crippen molar-refractivity contribution in [1.82, 2.24) is 4.98 Å². The molecule has 1 saturated heterocycles. The number of benzene rings is 1. The highest BCUT2D eigenvalue weighted by molar-refractivity contribution is 7.99. The van der Waals surface area contributed by atoms with E-state index in [1.54, 1.807) is 36.0 Å². The quantitative estimate of drug-likeness (QED) is 0.428. The minimum Gasteiger partial charge on any atom is -0.452 e. The maximum atomic E-state index is 12.4. The summed E-state index contributed by atoms with van der Waals surface area (Å²) in [4.78, 5) is 29.1. The van der Waals surface area contributed by atoms with Crippen molar-refractivity contribution in [3.05, 3.63) is 53.3 Å². The summed E-state index contributed by atoms with van der Waals surface area (Å²) < 4.78 is 10.8. The third-order valence-corrected chi connectivity index (χ3v) is 5.43. The molecule has 27 heavy (non-hydrogen) atoms. The molecule has 0 saturated carbocycles. The minimum atomic E-state index is -0.544. The molecule has 0 spiro atoms. The summed E-state index contributed by atoms with van der Waals surface area (Å²) in [7, 11) is 0. The van der Waals surface area contributed by atoms with Crippen LogP contribution in [0.25, 0.3) is 0 Å². The molecule has 0 aliphatic carbocycles. The molecule has 3 rings (SSSR count). The van der Waals surface area contributed by atoms with E-state index in [0.717, 1.165) is 30.1 Å². The highest BCUT2D eigenvalue weighted by Crippen LogP contribution is 2.27. The molecular weight excluding hydrogens is 388 g/mol. The van der Waals surface area contributed by atoms with Crippen molar-refractivity contribution in [1.29, 1.82) is 0 Å². The summed E-state index contributed by atoms with van der Waals surface area (Å²) in [6.45, 7) is 0.389. The monoisotopic (exact) mass is 406 g/mol. The number of aromatic nitrogens is 1. The van der Waals surface area contributed by atoms with Gasteiger partial charge in [0.05, 0.1) is 17.4 Å². The Hall–Kier alpha value is -2.09. The van der Waals surface area contributed by atoms with Crippen LogP contribution in [-0.4, -0.2) is 41.9 Å². The molecule has 0 radical (unpaired) electrons. The second-order valence-electron chi connectivity index (χ2n) is 5.91. The number of amides is 1. The number of carbonyl (C=O) groups excluding carboxylic acids is 2. The Labute approximate surface area is 166 Å². The third-order valence-electron chi connectivity index (χ3n) is 3.92. The number of nitrogens with one attached hydrogen (secondary N) is 1. The third kappa shape index (κ3) is 5.69. The molecule has 1 amide bonds. The van der Waals surface area contributed by atoms with Crippen LogP contribution in [0.1, 0.15) is 23.2 Å². The second-order valence-corrected chi connectivity index (χ2v) is 7.33. The number of halogens is 1. The predicted octanol–water partition coefficient (Wildman–Crippen LogP) is 3.80. The molecule has 1 fully saturated rings. The van der Waals surface area contributed by atoms with Gasteiger partial charge in [0.25, 0.3) is 5.91 Å². The molecule has 1 aromatic heterocycles. The van der Waals surface area contributed by atoms with Crippen molar-refractivity contribution in [2.24, 2.45) is 0 Å². The van der Waals surface area contributed by atoms with Crippen molar-refractivity contribution in [2.45, 2.75) is 23.8 Å². The molecule has 2 heterocycles. The maximum Gasteiger partial charge on any atom is 0.339 e. The van der Waals surface area contributed by atoms with Crippen molar-refractivity contribution < 1.29 is 19.1 Å². The zero-order chi connectivity index (χ0) is 19.1. The number of rotatable bonds is 7. The zero-order valence-corrected chi connectivity index (χ0v) is 16.1. The lowest BCUT2D eigenvalue weighted by Gasteiger charge is -2.12. The van der Waals surface area contributed by atoms with Crippen molar-refractivity contribution in [3.8, 4) is 0 Å². The van der Waals surface area contributed by atoms with E-state index in [1.165, 1.54) is 6.20 Å². The summed E-state index contributed by atoms with van der Waals surface area (Å²) in [5, 5.41) is 2.74. The number of hydrogen-bond donors (Lipinski definition) is 1. The van der Waals surface area contributed by atoms with E-state index in [2.05, 4.69) is 10.3 Å². The minimum absolute atomic E-state index is 0.174. The van der Waals surface area contributed by atoms with E-state index in [0.29, 0.717) is 11.3 Å². The maximum absolute atomic E-state index is 12.4. The van der Waals surface area contributed by atoms with Crippen LogP contribution in [0, 0.1) is 0 Å². The zero-order valence-electron chi connectivity index (χ0n) is 14.5. The fourth-order valence-corrected chi connectivity index (χ4v) is 3.87. The smallest absolute Gasteiger partial charge is 0.339 e. The van der Waals surface area contributed by atoms with Crippen LogP contribution in [0.4, 0.5) is 5.69 Å². The molecule has 6 nitrogen and oxygen atoms in total. The molecule has 8 heteroatoms. The first-order valence-electron chi connectivity index (χ1n) is 8.54. The van der Waals surface area contributed by atoms with Gasteiger partial charge in [-0.15, -0.1) is 11.8 Å². The lowest BCUT2D eigenvalue weighted by molar-refractivity contribution is -0.119. The van der Waals surface area contributed by atoms with Gasteiger partial charge >= 0.3 is 5.97 Å². The Morgan fingerprint density at radius 3 is 2.93 bits per heavy atom. The Morgan fingerprint density at radius 1 is 1.30 bits per heavy atom. The topological polar surface area (TPSA) is 77.5 Å². The Morgan fingerprint density at radius 2 is 2.15 bits per heavy atom. The molecule has 2 aromatic rings. The van der Waals surface area contributed by atoms with Crippen LogP contribution in [-0.2, 0) is 14.3 Å². The number of esters is 1. The van der Waals surface area contributed by atoms with Crippen LogP contribution in [0.3, 0.4) is 0 Å². The van der Waals surface area contributed by atoms with Gasteiger partial charge < -0.3 is 14.8 Å². The molecule has 1 aliphatic rings. The number of nitrogens with zero attached hydrogens (tertiary/aromatic N) is 1. The van der Waals surface area contributed by atoms with E-state index in [4.69, 9.17) is 21.1 Å². The number of thioether (sulfide) groups is 1. The average Bonchev–Trinajstić information content (AvgIpc) is 3.20. The van der Waals surface area contributed by atoms with Gasteiger partial charge in [0, 0.05) is 23.5 Å². The number of pyridine rings is 1. The van der Waals surface area contributed by atoms with E-state index < -0.39 is 18.5 Å². The van der Waals surface area contributed by atoms with E-state index >= 15 is 0 Å². The second kappa shape index (κ2) is 9.73. The van der Waals surface area contributed by atoms with Gasteiger partial charge in [0.2, 0.25) is 0 Å². The molecular formula is C19H19ClN2O4S. The van der Waals surface area contributed by atoms with E-state index in [-0.39, 0.29) is 11.3 Å². The largest absolute Gasteiger partial charge is 0.452 e. The van der Waals surface area contributed by atoms with Crippen molar-refractivity contribution in [2.75, 3.05) is 24.3 Å². The first kappa shape index (κ1) is 19.7. The van der Waals surface area contributed by atoms with E-state index in [1.807, 2.05) is 12.1 Å². The first-order chi connectivity index (χ1) is 13.1. The number of hydrogen-bond acceptors (Lipinski definition) is 6. The highest BCUT2D eigenvalue weighted by Gasteiger charge is 2.19. The average molecular weight is 407 g/mol. The van der Waals surface area contributed by atoms with Crippen LogP contribution >= 0.6 is 23.4 Å². The summed E-state index contributed by atoms with van der Waals surface area (Å²) in [6, 6.07) is 10.5. The fourth-order valence-electron chi connectivity index (χ4n) is 2.59. The molecule has 142 valence electrons. The molecule has 1 unspecified atom stereocenters. The Kier molecular flexibility index (Phi) is 7.09. The number of carbonyl (C=O) groups is 2. The summed E-state index contributed by atoms with van der Waals surface area (Å²) in [5.41, 5.74) is 0.806. The molecule has 0 bridgehead atoms. The standard InChI is InChI=1S/C19H19ClN2O4S/c20-18-15(7-3-9-21-18)22-17(23)11-26-19(24)14-6-1-2-8-16(14)27-12-13-5-4-10-25-13/h1-3,6-9,13H,4-5,10-12H2,(H,22,23). The molecule has 1 N–H and O–H groups in total. The summed E-state index contributed by atoms with van der Waals surface area (Å²) in [6.07, 6.45) is 3.85. The Balaban J connectivity index is 1.54. The lowest BCUT2D eigenvalue weighted by atomic mass is 10.2. The van der Waals surface area contributed by atoms with Crippen LogP contribution in [0.15, 0.2) is 47.5 Å². The highest BCUT2D eigenvalue weighted by atomic mass is 35.5. The summed E-state index contributed by atoms with van der Waals surface area (Å²) in [5.74, 6) is -0.245. The SMILES string of the molecule is O=C(COC(=O)c1ccccc1SCC1CCCO1)Nc1cccnc1Cl. The van der Waals surface area contributed by atoms with E-state index in [9.17, 15) is 9.59 Å². The van der Waals surface area contributed by atoms with Crippen LogP contribution in [0.5, 0.6) is 0 Å². The van der Waals surface area contributed by atoms with Crippen molar-refractivity contribution >= 4 is 40.9 Å². The predicted molar refractivity (Wildman–Crippen MR) is 104 cm³/mol. The normalized spacial score (nSPS) is 16.1. The van der Waals surface area contributed by atoms with Gasteiger partial charge in [0.1, 0.15) is 0 Å². The van der Waals surface area contributed by atoms with Crippen molar-refractivity contribution in [3.63, 3.8) is 0 Å². The van der Waals surface area contributed by atoms with Gasteiger partial charge in [0.15, 0.2) is 11.8 Å². The van der Waals surface area contributed by atoms with Gasteiger partial charge in [-0.2, -0.15) is 0 Å². The van der Waals surface area contributed by atoms with Gasteiger partial charge in [-0.25, -0.2) is 9.78 Å². The first-order valence-corrected chi connectivity index (χ1v) is 9.91. The fraction of sp³-hybridized carbons (Fsp3) is 0.316.